The number of carbonyl (C=O) groups is 1. The summed E-state index contributed by atoms with van der Waals surface area (Å²) in [5.74, 6) is 0.939. The summed E-state index contributed by atoms with van der Waals surface area (Å²) >= 11 is 12.8. The van der Waals surface area contributed by atoms with Gasteiger partial charge < -0.3 is 15.1 Å². The molecule has 1 N–H and O–H groups in total. The lowest BCUT2D eigenvalue weighted by Gasteiger charge is -2.42. The van der Waals surface area contributed by atoms with Crippen molar-refractivity contribution in [2.75, 3.05) is 45.2 Å². The third kappa shape index (κ3) is 6.59. The second-order valence-corrected chi connectivity index (χ2v) is 13.1. The van der Waals surface area contributed by atoms with E-state index in [-0.39, 0.29) is 11.8 Å². The highest BCUT2D eigenvalue weighted by Crippen LogP contribution is 2.40. The molecule has 5 nitrogen and oxygen atoms in total. The smallest absolute Gasteiger partial charge is 0.223 e. The Hall–Kier alpha value is -1.79. The van der Waals surface area contributed by atoms with Crippen LogP contribution in [0.15, 0.2) is 30.3 Å². The van der Waals surface area contributed by atoms with E-state index in [1.165, 1.54) is 35.1 Å². The number of carbonyl (C=O) groups excluding carboxylic acids is 1. The number of benzene rings is 2. The summed E-state index contributed by atoms with van der Waals surface area (Å²) in [4.78, 5) is 20.1. The molecule has 2 aliphatic heterocycles. The Bertz CT molecular complexity index is 1120. The van der Waals surface area contributed by atoms with E-state index in [9.17, 15) is 4.79 Å². The molecule has 2 aromatic rings. The van der Waals surface area contributed by atoms with Gasteiger partial charge in [0.1, 0.15) is 0 Å². The van der Waals surface area contributed by atoms with Crippen molar-refractivity contribution < 1.29 is 4.79 Å². The van der Waals surface area contributed by atoms with Crippen molar-refractivity contribution in [2.45, 2.75) is 76.9 Å². The fraction of sp³-hybridized carbons (Fsp3) is 0.594. The van der Waals surface area contributed by atoms with Gasteiger partial charge in [-0.05, 0) is 114 Å². The molecule has 2 saturated heterocycles. The van der Waals surface area contributed by atoms with Crippen molar-refractivity contribution in [1.82, 2.24) is 15.1 Å². The van der Waals surface area contributed by atoms with Gasteiger partial charge in [-0.1, -0.05) is 41.4 Å². The standard InChI is InChI=1S/C32H44Cl2N4O/c1-21-16-24(25-18-38(19-25)31-29(33)6-5-7-30(31)34)17-22(2)28(21)20-37-14-12-23(13-15-37)32(39)35-26-8-10-27(11-9-26)36(3)4/h5-7,16-17,23,25-27H,8-15,18-20H2,1-4H3,(H,35,39). The molecule has 2 aromatic carbocycles. The summed E-state index contributed by atoms with van der Waals surface area (Å²) in [6.07, 6.45) is 6.49. The lowest BCUT2D eigenvalue weighted by Crippen LogP contribution is -2.46. The SMILES string of the molecule is Cc1cc(C2CN(c3c(Cl)cccc3Cl)C2)cc(C)c1CN1CCC(C(=O)NC2CCC(N(C)C)CC2)CC1. The summed E-state index contributed by atoms with van der Waals surface area (Å²) in [5, 5.41) is 4.82. The van der Waals surface area contributed by atoms with Gasteiger partial charge in [-0.25, -0.2) is 0 Å². The molecule has 3 aliphatic rings. The highest BCUT2D eigenvalue weighted by Gasteiger charge is 2.32. The number of halogens is 2. The minimum Gasteiger partial charge on any atom is -0.368 e. The van der Waals surface area contributed by atoms with E-state index in [4.69, 9.17) is 23.2 Å². The highest BCUT2D eigenvalue weighted by molar-refractivity contribution is 6.39. The summed E-state index contributed by atoms with van der Waals surface area (Å²) in [5.41, 5.74) is 6.53. The van der Waals surface area contributed by atoms with E-state index in [1.807, 2.05) is 18.2 Å². The molecule has 5 rings (SSSR count). The fourth-order valence-corrected chi connectivity index (χ4v) is 7.44. The van der Waals surface area contributed by atoms with Crippen LogP contribution in [-0.4, -0.2) is 68.1 Å². The molecule has 0 unspecified atom stereocenters. The van der Waals surface area contributed by atoms with E-state index in [2.05, 4.69) is 60.1 Å². The predicted octanol–water partition coefficient (Wildman–Crippen LogP) is 6.42. The molecular weight excluding hydrogens is 527 g/mol. The van der Waals surface area contributed by atoms with Gasteiger partial charge in [-0.3, -0.25) is 9.69 Å². The zero-order valence-corrected chi connectivity index (χ0v) is 25.5. The first kappa shape index (κ1) is 28.7. The van der Waals surface area contributed by atoms with Crippen molar-refractivity contribution >= 4 is 34.8 Å². The van der Waals surface area contributed by atoms with Crippen LogP contribution in [0, 0.1) is 19.8 Å². The lowest BCUT2D eigenvalue weighted by molar-refractivity contribution is -0.127. The van der Waals surface area contributed by atoms with Gasteiger partial charge in [0.25, 0.3) is 0 Å². The van der Waals surface area contributed by atoms with Gasteiger partial charge >= 0.3 is 0 Å². The Morgan fingerprint density at radius 3 is 2.10 bits per heavy atom. The van der Waals surface area contributed by atoms with Crippen molar-refractivity contribution in [3.8, 4) is 0 Å². The number of likely N-dealkylation sites (tertiary alicyclic amines) is 1. The Kier molecular flexibility index (Phi) is 9.12. The molecule has 0 radical (unpaired) electrons. The summed E-state index contributed by atoms with van der Waals surface area (Å²) < 4.78 is 0. The molecule has 1 amide bonds. The van der Waals surface area contributed by atoms with Gasteiger partial charge in [-0.2, -0.15) is 0 Å². The van der Waals surface area contributed by atoms with Crippen molar-refractivity contribution in [1.29, 1.82) is 0 Å². The number of anilines is 1. The molecule has 1 saturated carbocycles. The largest absolute Gasteiger partial charge is 0.368 e. The van der Waals surface area contributed by atoms with Crippen LogP contribution in [0.3, 0.4) is 0 Å². The maximum absolute atomic E-state index is 13.0. The second kappa shape index (κ2) is 12.4. The Morgan fingerprint density at radius 2 is 1.54 bits per heavy atom. The quantitative estimate of drug-likeness (QED) is 0.417. The van der Waals surface area contributed by atoms with Gasteiger partial charge in [0.05, 0.1) is 15.7 Å². The van der Waals surface area contributed by atoms with Gasteiger partial charge in [0.2, 0.25) is 5.91 Å². The Labute approximate surface area is 244 Å². The Balaban J connectivity index is 1.10. The molecule has 39 heavy (non-hydrogen) atoms. The number of hydrogen-bond donors (Lipinski definition) is 1. The number of para-hydroxylation sites is 1. The summed E-state index contributed by atoms with van der Waals surface area (Å²) in [6, 6.07) is 11.5. The minimum absolute atomic E-state index is 0.158. The third-order valence-electron chi connectivity index (χ3n) is 9.44. The first-order valence-electron chi connectivity index (χ1n) is 14.7. The minimum atomic E-state index is 0.158. The van der Waals surface area contributed by atoms with Crippen LogP contribution >= 0.6 is 23.2 Å². The number of nitrogens with one attached hydrogen (secondary N) is 1. The number of piperidine rings is 1. The van der Waals surface area contributed by atoms with Crippen LogP contribution in [0.4, 0.5) is 5.69 Å². The molecule has 0 spiro atoms. The number of rotatable bonds is 7. The van der Waals surface area contributed by atoms with Crippen LogP contribution < -0.4 is 10.2 Å². The Morgan fingerprint density at radius 1 is 0.949 bits per heavy atom. The predicted molar refractivity (Wildman–Crippen MR) is 163 cm³/mol. The first-order valence-corrected chi connectivity index (χ1v) is 15.4. The van der Waals surface area contributed by atoms with Crippen molar-refractivity contribution in [3.05, 3.63) is 62.6 Å². The molecule has 1 aliphatic carbocycles. The number of hydrogen-bond acceptors (Lipinski definition) is 4. The molecule has 0 aromatic heterocycles. The number of amides is 1. The summed E-state index contributed by atoms with van der Waals surface area (Å²) in [6.45, 7) is 9.32. The van der Waals surface area contributed by atoms with Crippen LogP contribution in [0.1, 0.15) is 66.7 Å². The van der Waals surface area contributed by atoms with Crippen LogP contribution in [0.5, 0.6) is 0 Å². The molecule has 7 heteroatoms. The van der Waals surface area contributed by atoms with E-state index in [0.29, 0.717) is 18.0 Å². The molecule has 0 atom stereocenters. The van der Waals surface area contributed by atoms with E-state index in [1.54, 1.807) is 0 Å². The fourth-order valence-electron chi connectivity index (χ4n) is 6.81. The molecule has 2 heterocycles. The van der Waals surface area contributed by atoms with Gasteiger partial charge in [0.15, 0.2) is 0 Å². The average Bonchev–Trinajstić information content (AvgIpc) is 2.87. The maximum Gasteiger partial charge on any atom is 0.223 e. The number of aryl methyl sites for hydroxylation is 2. The monoisotopic (exact) mass is 570 g/mol. The van der Waals surface area contributed by atoms with E-state index in [0.717, 1.165) is 74.1 Å². The van der Waals surface area contributed by atoms with Gasteiger partial charge in [0, 0.05) is 43.6 Å². The second-order valence-electron chi connectivity index (χ2n) is 12.3. The van der Waals surface area contributed by atoms with Gasteiger partial charge in [-0.15, -0.1) is 0 Å². The summed E-state index contributed by atoms with van der Waals surface area (Å²) in [7, 11) is 4.33. The molecule has 0 bridgehead atoms. The molecular formula is C32H44Cl2N4O. The van der Waals surface area contributed by atoms with Crippen molar-refractivity contribution in [3.63, 3.8) is 0 Å². The highest BCUT2D eigenvalue weighted by atomic mass is 35.5. The third-order valence-corrected chi connectivity index (χ3v) is 10.0. The molecule has 3 fully saturated rings. The maximum atomic E-state index is 13.0. The van der Waals surface area contributed by atoms with Crippen LogP contribution in [0.2, 0.25) is 10.0 Å². The zero-order valence-electron chi connectivity index (χ0n) is 24.0. The first-order chi connectivity index (χ1) is 18.7. The molecule has 212 valence electrons. The number of nitrogens with zero attached hydrogens (tertiary/aromatic N) is 3. The lowest BCUT2D eigenvalue weighted by atomic mass is 9.86. The van der Waals surface area contributed by atoms with E-state index < -0.39 is 0 Å². The topological polar surface area (TPSA) is 38.8 Å². The van der Waals surface area contributed by atoms with E-state index >= 15 is 0 Å². The van der Waals surface area contributed by atoms with Crippen molar-refractivity contribution in [2.24, 2.45) is 5.92 Å². The van der Waals surface area contributed by atoms with Crippen LogP contribution in [-0.2, 0) is 11.3 Å². The zero-order chi connectivity index (χ0) is 27.7. The van der Waals surface area contributed by atoms with Crippen LogP contribution in [0.25, 0.3) is 0 Å². The average molecular weight is 572 g/mol. The normalized spacial score (nSPS) is 23.2.